The van der Waals surface area contributed by atoms with Crippen molar-refractivity contribution in [3.63, 3.8) is 0 Å². The van der Waals surface area contributed by atoms with Crippen LogP contribution in [0.4, 0.5) is 5.69 Å². The summed E-state index contributed by atoms with van der Waals surface area (Å²) in [5.74, 6) is -0.116. The van der Waals surface area contributed by atoms with Crippen molar-refractivity contribution in [3.05, 3.63) is 59.1 Å². The van der Waals surface area contributed by atoms with E-state index in [1.807, 2.05) is 31.2 Å². The molecule has 2 rings (SSSR count). The van der Waals surface area contributed by atoms with E-state index >= 15 is 0 Å². The summed E-state index contributed by atoms with van der Waals surface area (Å²) in [5.41, 5.74) is 1.14. The highest BCUT2D eigenvalue weighted by molar-refractivity contribution is 8.00. The minimum absolute atomic E-state index is 0.116. The predicted octanol–water partition coefficient (Wildman–Crippen LogP) is 4.33. The second-order valence-electron chi connectivity index (χ2n) is 4.40. The minimum atomic E-state index is -0.269. The van der Waals surface area contributed by atoms with Crippen molar-refractivity contribution in [1.82, 2.24) is 0 Å². The predicted molar refractivity (Wildman–Crippen MR) is 86.6 cm³/mol. The van der Waals surface area contributed by atoms with Gasteiger partial charge in [-0.3, -0.25) is 4.79 Å². The normalized spacial score (nSPS) is 11.5. The Labute approximate surface area is 132 Å². The van der Waals surface area contributed by atoms with Crippen molar-refractivity contribution in [2.45, 2.75) is 17.1 Å². The number of carbonyl (C=O) groups excluding carboxylic acids is 1. The molecule has 1 atom stereocenters. The Morgan fingerprint density at radius 2 is 2.05 bits per heavy atom. The molecular weight excluding hydrogens is 304 g/mol. The molecule has 0 spiro atoms. The van der Waals surface area contributed by atoms with Gasteiger partial charge in [0.2, 0.25) is 5.91 Å². The molecule has 1 unspecified atom stereocenters. The van der Waals surface area contributed by atoms with Crippen LogP contribution in [0.3, 0.4) is 0 Å². The average Bonchev–Trinajstić information content (AvgIpc) is 2.47. The molecule has 0 aliphatic carbocycles. The van der Waals surface area contributed by atoms with Gasteiger partial charge in [-0.05, 0) is 43.3 Å². The number of thioether (sulfide) groups is 1. The SMILES string of the molecule is CC(Sc1cccc(Cl)c1)C(=O)Nc1cccc(C#N)c1. The second kappa shape index (κ2) is 7.16. The molecule has 0 radical (unpaired) electrons. The smallest absolute Gasteiger partial charge is 0.237 e. The van der Waals surface area contributed by atoms with Crippen LogP contribution in [0.2, 0.25) is 5.02 Å². The Kier molecular flexibility index (Phi) is 5.26. The number of rotatable bonds is 4. The van der Waals surface area contributed by atoms with Crippen molar-refractivity contribution in [2.24, 2.45) is 0 Å². The van der Waals surface area contributed by atoms with Crippen LogP contribution in [0, 0.1) is 11.3 Å². The van der Waals surface area contributed by atoms with E-state index in [2.05, 4.69) is 5.32 Å². The molecular formula is C16H13ClN2OS. The number of nitrogens with zero attached hydrogens (tertiary/aromatic N) is 1. The molecule has 0 aromatic heterocycles. The molecule has 0 saturated heterocycles. The first-order valence-corrected chi connectivity index (χ1v) is 7.57. The molecule has 2 aromatic carbocycles. The lowest BCUT2D eigenvalue weighted by atomic mass is 10.2. The van der Waals surface area contributed by atoms with Crippen molar-refractivity contribution in [2.75, 3.05) is 5.32 Å². The molecule has 0 saturated carbocycles. The van der Waals surface area contributed by atoms with Crippen LogP contribution >= 0.6 is 23.4 Å². The van der Waals surface area contributed by atoms with E-state index in [1.165, 1.54) is 11.8 Å². The Morgan fingerprint density at radius 3 is 2.76 bits per heavy atom. The number of hydrogen-bond donors (Lipinski definition) is 1. The largest absolute Gasteiger partial charge is 0.325 e. The third kappa shape index (κ3) is 4.52. The number of anilines is 1. The van der Waals surface area contributed by atoms with E-state index < -0.39 is 0 Å². The lowest BCUT2D eigenvalue weighted by Gasteiger charge is -2.12. The molecule has 21 heavy (non-hydrogen) atoms. The van der Waals surface area contributed by atoms with Gasteiger partial charge >= 0.3 is 0 Å². The van der Waals surface area contributed by atoms with Crippen molar-refractivity contribution >= 4 is 35.0 Å². The lowest BCUT2D eigenvalue weighted by molar-refractivity contribution is -0.115. The third-order valence-corrected chi connectivity index (χ3v) is 4.07. The zero-order chi connectivity index (χ0) is 15.2. The van der Waals surface area contributed by atoms with E-state index in [0.717, 1.165) is 4.90 Å². The van der Waals surface area contributed by atoms with Crippen LogP contribution in [-0.2, 0) is 4.79 Å². The third-order valence-electron chi connectivity index (χ3n) is 2.74. The molecule has 0 bridgehead atoms. The summed E-state index contributed by atoms with van der Waals surface area (Å²) >= 11 is 7.36. The van der Waals surface area contributed by atoms with Crippen LogP contribution in [0.1, 0.15) is 12.5 Å². The second-order valence-corrected chi connectivity index (χ2v) is 6.25. The summed E-state index contributed by atoms with van der Waals surface area (Å²) in [5, 5.41) is 12.0. The van der Waals surface area contributed by atoms with E-state index in [-0.39, 0.29) is 11.2 Å². The van der Waals surface area contributed by atoms with Gasteiger partial charge in [0.05, 0.1) is 16.9 Å². The highest BCUT2D eigenvalue weighted by atomic mass is 35.5. The summed E-state index contributed by atoms with van der Waals surface area (Å²) in [6.45, 7) is 1.83. The molecule has 5 heteroatoms. The monoisotopic (exact) mass is 316 g/mol. The van der Waals surface area contributed by atoms with Gasteiger partial charge in [0, 0.05) is 15.6 Å². The fourth-order valence-corrected chi connectivity index (χ4v) is 2.89. The van der Waals surface area contributed by atoms with Gasteiger partial charge in [-0.2, -0.15) is 5.26 Å². The first kappa shape index (κ1) is 15.4. The van der Waals surface area contributed by atoms with E-state index in [0.29, 0.717) is 16.3 Å². The van der Waals surface area contributed by atoms with Gasteiger partial charge < -0.3 is 5.32 Å². The number of halogens is 1. The van der Waals surface area contributed by atoms with Crippen molar-refractivity contribution in [3.8, 4) is 6.07 Å². The first-order chi connectivity index (χ1) is 10.1. The lowest BCUT2D eigenvalue weighted by Crippen LogP contribution is -2.22. The zero-order valence-corrected chi connectivity index (χ0v) is 12.9. The van der Waals surface area contributed by atoms with Gasteiger partial charge in [0.15, 0.2) is 0 Å². The summed E-state index contributed by atoms with van der Waals surface area (Å²) in [7, 11) is 0. The first-order valence-electron chi connectivity index (χ1n) is 6.32. The van der Waals surface area contributed by atoms with Gasteiger partial charge in [-0.1, -0.05) is 23.7 Å². The number of nitriles is 1. The fraction of sp³-hybridized carbons (Fsp3) is 0.125. The molecule has 1 amide bonds. The fourth-order valence-electron chi connectivity index (χ4n) is 1.71. The number of carbonyl (C=O) groups is 1. The molecule has 0 fully saturated rings. The quantitative estimate of drug-likeness (QED) is 0.854. The zero-order valence-electron chi connectivity index (χ0n) is 11.3. The maximum absolute atomic E-state index is 12.2. The standard InChI is InChI=1S/C16H13ClN2OS/c1-11(21-15-7-3-5-13(17)9-15)16(20)19-14-6-2-4-12(8-14)10-18/h2-9,11H,1H3,(H,19,20). The Morgan fingerprint density at radius 1 is 1.29 bits per heavy atom. The summed E-state index contributed by atoms with van der Waals surface area (Å²) < 4.78 is 0. The Hall–Kier alpha value is -1.96. The molecule has 0 heterocycles. The van der Waals surface area contributed by atoms with Crippen LogP contribution in [0.25, 0.3) is 0 Å². The van der Waals surface area contributed by atoms with Crippen LogP contribution in [0.15, 0.2) is 53.4 Å². The molecule has 0 aliphatic heterocycles. The highest BCUT2D eigenvalue weighted by Crippen LogP contribution is 2.26. The molecule has 2 aromatic rings. The summed E-state index contributed by atoms with van der Waals surface area (Å²) in [6, 6.07) is 16.3. The number of hydrogen-bond acceptors (Lipinski definition) is 3. The van der Waals surface area contributed by atoms with Gasteiger partial charge in [0.25, 0.3) is 0 Å². The van der Waals surface area contributed by atoms with Gasteiger partial charge in [0.1, 0.15) is 0 Å². The van der Waals surface area contributed by atoms with Crippen molar-refractivity contribution < 1.29 is 4.79 Å². The number of benzene rings is 2. The van der Waals surface area contributed by atoms with E-state index in [4.69, 9.17) is 16.9 Å². The Balaban J connectivity index is 2.01. The van der Waals surface area contributed by atoms with Crippen molar-refractivity contribution in [1.29, 1.82) is 5.26 Å². The number of nitrogens with one attached hydrogen (secondary N) is 1. The topological polar surface area (TPSA) is 52.9 Å². The average molecular weight is 317 g/mol. The van der Waals surface area contributed by atoms with Crippen LogP contribution in [0.5, 0.6) is 0 Å². The maximum Gasteiger partial charge on any atom is 0.237 e. The minimum Gasteiger partial charge on any atom is -0.325 e. The van der Waals surface area contributed by atoms with Gasteiger partial charge in [-0.15, -0.1) is 11.8 Å². The summed E-state index contributed by atoms with van der Waals surface area (Å²) in [4.78, 5) is 13.1. The maximum atomic E-state index is 12.2. The molecule has 1 N–H and O–H groups in total. The number of amides is 1. The molecule has 3 nitrogen and oxygen atoms in total. The Bertz CT molecular complexity index is 697. The van der Waals surface area contributed by atoms with Crippen LogP contribution < -0.4 is 5.32 Å². The van der Waals surface area contributed by atoms with E-state index in [1.54, 1.807) is 30.3 Å². The highest BCUT2D eigenvalue weighted by Gasteiger charge is 2.14. The molecule has 106 valence electrons. The molecule has 0 aliphatic rings. The van der Waals surface area contributed by atoms with Crippen LogP contribution in [-0.4, -0.2) is 11.2 Å². The van der Waals surface area contributed by atoms with E-state index in [9.17, 15) is 4.79 Å². The van der Waals surface area contributed by atoms with Gasteiger partial charge in [-0.25, -0.2) is 0 Å². The summed E-state index contributed by atoms with van der Waals surface area (Å²) in [6.07, 6.45) is 0.